The van der Waals surface area contributed by atoms with Crippen molar-refractivity contribution in [2.24, 2.45) is 0 Å². The lowest BCUT2D eigenvalue weighted by Crippen LogP contribution is -2.14. The molecule has 0 amide bonds. The van der Waals surface area contributed by atoms with Crippen LogP contribution in [0, 0.1) is 0 Å². The Bertz CT molecular complexity index is 318. The minimum Gasteiger partial charge on any atom is -0.0985 e. The van der Waals surface area contributed by atoms with Crippen molar-refractivity contribution in [1.29, 1.82) is 0 Å². The second-order valence-corrected chi connectivity index (χ2v) is 7.15. The van der Waals surface area contributed by atoms with Gasteiger partial charge in [-0.2, -0.15) is 0 Å². The van der Waals surface area contributed by atoms with Crippen LogP contribution in [0.4, 0.5) is 0 Å². The van der Waals surface area contributed by atoms with E-state index in [1.54, 1.807) is 0 Å². The minimum absolute atomic E-state index is 0.590. The molecule has 0 saturated heterocycles. The third-order valence-corrected chi connectivity index (χ3v) is 5.63. The molecule has 1 rings (SSSR count). The molecule has 0 aliphatic heterocycles. The molecule has 0 heterocycles. The molecule has 0 fully saturated rings. The summed E-state index contributed by atoms with van der Waals surface area (Å²) in [7, 11) is 0.590. The van der Waals surface area contributed by atoms with Crippen LogP contribution in [0.15, 0.2) is 30.8 Å². The molecule has 0 aromatic heterocycles. The average Bonchev–Trinajstić information content (AvgIpc) is 2.42. The fourth-order valence-electron chi connectivity index (χ4n) is 1.93. The quantitative estimate of drug-likeness (QED) is 0.547. The topological polar surface area (TPSA) is 0 Å². The summed E-state index contributed by atoms with van der Waals surface area (Å²) in [5.74, 6) is 4.11. The molecule has 0 unspecified atom stereocenters. The standard InChI is InChI=1S/C17H27S/c1-4-7-13-18(14-8-5-2)15-17-11-9-16(6-3)10-12-17/h6,9-12H,3-5,7-8,13-15H2,1-2H3/q+1. The van der Waals surface area contributed by atoms with Crippen molar-refractivity contribution in [3.05, 3.63) is 42.0 Å². The maximum Gasteiger partial charge on any atom is 0.133 e. The fraction of sp³-hybridized carbons (Fsp3) is 0.529. The monoisotopic (exact) mass is 263 g/mol. The summed E-state index contributed by atoms with van der Waals surface area (Å²) >= 11 is 0. The van der Waals surface area contributed by atoms with Crippen LogP contribution in [-0.2, 0) is 16.6 Å². The van der Waals surface area contributed by atoms with Gasteiger partial charge in [0.05, 0.1) is 0 Å². The Labute approximate surface area is 116 Å². The highest BCUT2D eigenvalue weighted by Gasteiger charge is 2.17. The lowest BCUT2D eigenvalue weighted by molar-refractivity contribution is 0.870. The van der Waals surface area contributed by atoms with Crippen LogP contribution in [0.25, 0.3) is 6.08 Å². The zero-order valence-electron chi connectivity index (χ0n) is 12.0. The normalized spacial score (nSPS) is 10.8. The lowest BCUT2D eigenvalue weighted by Gasteiger charge is -2.08. The first kappa shape index (κ1) is 15.4. The van der Waals surface area contributed by atoms with Gasteiger partial charge < -0.3 is 0 Å². The molecule has 0 radical (unpaired) electrons. The van der Waals surface area contributed by atoms with E-state index in [1.165, 1.54) is 54.1 Å². The summed E-state index contributed by atoms with van der Waals surface area (Å²) in [6.45, 7) is 8.39. The van der Waals surface area contributed by atoms with E-state index in [-0.39, 0.29) is 0 Å². The van der Waals surface area contributed by atoms with Gasteiger partial charge in [-0.15, -0.1) is 0 Å². The first-order chi connectivity index (χ1) is 8.80. The molecule has 1 aromatic carbocycles. The highest BCUT2D eigenvalue weighted by atomic mass is 32.2. The summed E-state index contributed by atoms with van der Waals surface area (Å²) in [6.07, 6.45) is 7.34. The molecular weight excluding hydrogens is 236 g/mol. The van der Waals surface area contributed by atoms with E-state index in [4.69, 9.17) is 0 Å². The maximum absolute atomic E-state index is 3.80. The second kappa shape index (κ2) is 9.27. The molecule has 100 valence electrons. The largest absolute Gasteiger partial charge is 0.133 e. The number of rotatable bonds is 9. The van der Waals surface area contributed by atoms with Gasteiger partial charge in [0.25, 0.3) is 0 Å². The molecule has 0 atom stereocenters. The van der Waals surface area contributed by atoms with E-state index in [0.29, 0.717) is 10.9 Å². The van der Waals surface area contributed by atoms with Crippen LogP contribution >= 0.6 is 0 Å². The molecule has 0 nitrogen and oxygen atoms in total. The number of unbranched alkanes of at least 4 members (excludes halogenated alkanes) is 2. The van der Waals surface area contributed by atoms with Crippen molar-refractivity contribution in [2.45, 2.75) is 45.3 Å². The van der Waals surface area contributed by atoms with Crippen LogP contribution in [0.5, 0.6) is 0 Å². The Kier molecular flexibility index (Phi) is 7.91. The van der Waals surface area contributed by atoms with Gasteiger partial charge in [-0.1, -0.05) is 63.6 Å². The predicted molar refractivity (Wildman–Crippen MR) is 87.2 cm³/mol. The highest BCUT2D eigenvalue weighted by molar-refractivity contribution is 7.96. The fourth-order valence-corrected chi connectivity index (χ4v) is 4.48. The summed E-state index contributed by atoms with van der Waals surface area (Å²) in [6, 6.07) is 8.91. The first-order valence-electron chi connectivity index (χ1n) is 7.15. The Hall–Kier alpha value is -0.690. The average molecular weight is 263 g/mol. The smallest absolute Gasteiger partial charge is 0.0985 e. The third-order valence-electron chi connectivity index (χ3n) is 3.16. The Morgan fingerprint density at radius 2 is 1.56 bits per heavy atom. The Morgan fingerprint density at radius 3 is 2.00 bits per heavy atom. The number of benzene rings is 1. The predicted octanol–water partition coefficient (Wildman–Crippen LogP) is 5.05. The highest BCUT2D eigenvalue weighted by Crippen LogP contribution is 2.14. The SMILES string of the molecule is C=Cc1ccc(C[S+](CCCC)CCCC)cc1. The summed E-state index contributed by atoms with van der Waals surface area (Å²) in [5.41, 5.74) is 2.72. The van der Waals surface area contributed by atoms with Gasteiger partial charge in [-0.25, -0.2) is 0 Å². The van der Waals surface area contributed by atoms with Gasteiger partial charge in [-0.3, -0.25) is 0 Å². The van der Waals surface area contributed by atoms with Crippen LogP contribution in [0.1, 0.15) is 50.7 Å². The zero-order valence-corrected chi connectivity index (χ0v) is 12.8. The van der Waals surface area contributed by atoms with Gasteiger partial charge >= 0.3 is 0 Å². The van der Waals surface area contributed by atoms with Gasteiger partial charge in [0, 0.05) is 5.56 Å². The van der Waals surface area contributed by atoms with E-state index in [2.05, 4.69) is 44.7 Å². The number of hydrogen-bond acceptors (Lipinski definition) is 0. The van der Waals surface area contributed by atoms with Crippen molar-refractivity contribution in [2.75, 3.05) is 11.5 Å². The lowest BCUT2D eigenvalue weighted by atomic mass is 10.1. The van der Waals surface area contributed by atoms with Crippen molar-refractivity contribution < 1.29 is 0 Å². The van der Waals surface area contributed by atoms with Crippen molar-refractivity contribution in [3.8, 4) is 0 Å². The molecule has 18 heavy (non-hydrogen) atoms. The molecule has 1 aromatic rings. The maximum atomic E-state index is 3.80. The van der Waals surface area contributed by atoms with E-state index in [0.717, 1.165) is 0 Å². The van der Waals surface area contributed by atoms with E-state index < -0.39 is 0 Å². The molecule has 0 aliphatic rings. The second-order valence-electron chi connectivity index (χ2n) is 4.82. The van der Waals surface area contributed by atoms with Crippen molar-refractivity contribution in [3.63, 3.8) is 0 Å². The summed E-state index contributed by atoms with van der Waals surface area (Å²) in [4.78, 5) is 0. The molecule has 0 saturated carbocycles. The van der Waals surface area contributed by atoms with Gasteiger partial charge in [0.15, 0.2) is 0 Å². The van der Waals surface area contributed by atoms with Crippen molar-refractivity contribution in [1.82, 2.24) is 0 Å². The van der Waals surface area contributed by atoms with Gasteiger partial charge in [0.2, 0.25) is 0 Å². The molecule has 1 heteroatoms. The Balaban J connectivity index is 2.53. The first-order valence-corrected chi connectivity index (χ1v) is 8.88. The van der Waals surface area contributed by atoms with Crippen LogP contribution in [0.2, 0.25) is 0 Å². The minimum atomic E-state index is 0.590. The van der Waals surface area contributed by atoms with Gasteiger partial charge in [-0.05, 0) is 29.3 Å². The van der Waals surface area contributed by atoms with Crippen LogP contribution < -0.4 is 0 Å². The summed E-state index contributed by atoms with van der Waals surface area (Å²) < 4.78 is 0. The molecule has 0 N–H and O–H groups in total. The van der Waals surface area contributed by atoms with Crippen LogP contribution in [0.3, 0.4) is 0 Å². The van der Waals surface area contributed by atoms with E-state index >= 15 is 0 Å². The zero-order chi connectivity index (χ0) is 13.2. The Morgan fingerprint density at radius 1 is 1.00 bits per heavy atom. The van der Waals surface area contributed by atoms with E-state index in [9.17, 15) is 0 Å². The molecule has 0 bridgehead atoms. The van der Waals surface area contributed by atoms with Crippen molar-refractivity contribution >= 4 is 17.0 Å². The molecule has 0 aliphatic carbocycles. The van der Waals surface area contributed by atoms with Crippen LogP contribution in [-0.4, -0.2) is 11.5 Å². The summed E-state index contributed by atoms with van der Waals surface area (Å²) in [5, 5.41) is 0. The number of hydrogen-bond donors (Lipinski definition) is 0. The third kappa shape index (κ3) is 5.77. The van der Waals surface area contributed by atoms with Gasteiger partial charge in [0.1, 0.15) is 17.3 Å². The van der Waals surface area contributed by atoms with E-state index in [1.807, 2.05) is 6.08 Å². The molecule has 0 spiro atoms. The molecular formula is C17H27S+.